The van der Waals surface area contributed by atoms with Gasteiger partial charge < -0.3 is 10.3 Å². The topological polar surface area (TPSA) is 68.7 Å². The third-order valence-corrected chi connectivity index (χ3v) is 5.08. The Kier molecular flexibility index (Phi) is 3.80. The number of hydrogen-bond acceptors (Lipinski definition) is 2. The van der Waals surface area contributed by atoms with Gasteiger partial charge in [0.25, 0.3) is 0 Å². The van der Waals surface area contributed by atoms with Crippen molar-refractivity contribution >= 4 is 40.0 Å². The summed E-state index contributed by atoms with van der Waals surface area (Å²) >= 11 is 12.5. The van der Waals surface area contributed by atoms with E-state index in [-0.39, 0.29) is 24.2 Å². The van der Waals surface area contributed by atoms with E-state index in [1.54, 1.807) is 6.07 Å². The van der Waals surface area contributed by atoms with Gasteiger partial charge in [0, 0.05) is 23.5 Å². The van der Waals surface area contributed by atoms with Crippen molar-refractivity contribution in [1.82, 2.24) is 10.3 Å². The van der Waals surface area contributed by atoms with Gasteiger partial charge in [-0.1, -0.05) is 30.1 Å². The fourth-order valence-corrected chi connectivity index (χ4v) is 3.57. The molecule has 22 heavy (non-hydrogen) atoms. The summed E-state index contributed by atoms with van der Waals surface area (Å²) in [6.07, 6.45) is 0.223. The van der Waals surface area contributed by atoms with Crippen LogP contribution in [0.25, 0.3) is 10.9 Å². The second-order valence-electron chi connectivity index (χ2n) is 5.74. The summed E-state index contributed by atoms with van der Waals surface area (Å²) in [5.74, 6) is -0.176. The van der Waals surface area contributed by atoms with Crippen LogP contribution in [-0.2, 0) is 11.2 Å². The highest BCUT2D eigenvalue weighted by Crippen LogP contribution is 2.42. The Morgan fingerprint density at radius 3 is 2.82 bits per heavy atom. The molecule has 1 aliphatic rings. The minimum atomic E-state index is -0.302. The Labute approximate surface area is 138 Å². The number of carbonyl (C=O) groups excluding carboxylic acids is 1. The van der Waals surface area contributed by atoms with E-state index in [1.807, 2.05) is 13.8 Å². The molecule has 2 atom stereocenters. The molecule has 0 aliphatic carbocycles. The summed E-state index contributed by atoms with van der Waals surface area (Å²) in [6.45, 7) is 4.49. The first-order valence-electron chi connectivity index (χ1n) is 7.12. The van der Waals surface area contributed by atoms with Gasteiger partial charge in [-0.25, -0.2) is 0 Å². The molecule has 2 heterocycles. The predicted molar refractivity (Wildman–Crippen MR) is 87.5 cm³/mol. The lowest BCUT2D eigenvalue weighted by atomic mass is 9.91. The number of amides is 1. The van der Waals surface area contributed by atoms with Crippen LogP contribution in [0.5, 0.6) is 0 Å². The lowest BCUT2D eigenvalue weighted by molar-refractivity contribution is -0.122. The molecule has 4 nitrogen and oxygen atoms in total. The molecular weight excluding hydrogens is 321 g/mol. The van der Waals surface area contributed by atoms with E-state index < -0.39 is 0 Å². The smallest absolute Gasteiger partial charge is 0.227 e. The third kappa shape index (κ3) is 2.16. The van der Waals surface area contributed by atoms with Gasteiger partial charge in [-0.2, -0.15) is 5.26 Å². The quantitative estimate of drug-likeness (QED) is 0.830. The molecule has 1 aromatic carbocycles. The summed E-state index contributed by atoms with van der Waals surface area (Å²) in [7, 11) is 0. The monoisotopic (exact) mass is 335 g/mol. The maximum absolute atomic E-state index is 12.2. The van der Waals surface area contributed by atoms with Crippen LogP contribution in [0.3, 0.4) is 0 Å². The van der Waals surface area contributed by atoms with Crippen LogP contribution in [-0.4, -0.2) is 17.4 Å². The van der Waals surface area contributed by atoms with Crippen LogP contribution in [0.1, 0.15) is 42.5 Å². The maximum Gasteiger partial charge on any atom is 0.227 e. The first-order chi connectivity index (χ1) is 10.5. The SMILES string of the molecule is C[C@@H]1CNC(=O)[C@@H](C)c2c1[nH]c1c(Cl)c(Cl)cc(CC#N)c21. The van der Waals surface area contributed by atoms with Crippen LogP contribution < -0.4 is 5.32 Å². The van der Waals surface area contributed by atoms with Crippen molar-refractivity contribution in [1.29, 1.82) is 5.26 Å². The summed E-state index contributed by atoms with van der Waals surface area (Å²) in [4.78, 5) is 15.6. The lowest BCUT2D eigenvalue weighted by Gasteiger charge is -2.11. The molecule has 0 saturated carbocycles. The molecule has 0 saturated heterocycles. The van der Waals surface area contributed by atoms with Gasteiger partial charge in [0.15, 0.2) is 0 Å². The lowest BCUT2D eigenvalue weighted by Crippen LogP contribution is -2.27. The van der Waals surface area contributed by atoms with Crippen molar-refractivity contribution in [3.8, 4) is 6.07 Å². The van der Waals surface area contributed by atoms with Gasteiger partial charge in [-0.3, -0.25) is 4.79 Å². The zero-order valence-corrected chi connectivity index (χ0v) is 13.8. The normalized spacial score (nSPS) is 21.1. The number of aromatic amines is 1. The number of hydrogen-bond donors (Lipinski definition) is 2. The molecule has 0 spiro atoms. The first-order valence-corrected chi connectivity index (χ1v) is 7.88. The molecule has 2 N–H and O–H groups in total. The molecular formula is C16H15Cl2N3O. The van der Waals surface area contributed by atoms with E-state index >= 15 is 0 Å². The Balaban J connectivity index is 2.43. The van der Waals surface area contributed by atoms with E-state index in [2.05, 4.69) is 16.4 Å². The fraction of sp³-hybridized carbons (Fsp3) is 0.375. The second-order valence-corrected chi connectivity index (χ2v) is 6.52. The van der Waals surface area contributed by atoms with Crippen LogP contribution in [0.2, 0.25) is 10.0 Å². The van der Waals surface area contributed by atoms with Crippen molar-refractivity contribution in [3.05, 3.63) is 32.9 Å². The summed E-state index contributed by atoms with van der Waals surface area (Å²) in [5.41, 5.74) is 3.45. The van der Waals surface area contributed by atoms with Crippen molar-refractivity contribution < 1.29 is 4.79 Å². The van der Waals surface area contributed by atoms with Gasteiger partial charge in [0.1, 0.15) is 0 Å². The molecule has 114 valence electrons. The van der Waals surface area contributed by atoms with Crippen LogP contribution in [0, 0.1) is 11.3 Å². The number of benzene rings is 1. The average molecular weight is 336 g/mol. The van der Waals surface area contributed by atoms with Gasteiger partial charge in [0.05, 0.1) is 34.0 Å². The average Bonchev–Trinajstić information content (AvgIpc) is 2.85. The fourth-order valence-electron chi connectivity index (χ4n) is 3.14. The Bertz CT molecular complexity index is 819. The molecule has 1 aromatic heterocycles. The number of rotatable bonds is 1. The summed E-state index contributed by atoms with van der Waals surface area (Å²) in [6, 6.07) is 3.88. The number of nitriles is 1. The number of nitrogens with zero attached hydrogens (tertiary/aromatic N) is 1. The van der Waals surface area contributed by atoms with Crippen molar-refractivity contribution in [2.75, 3.05) is 6.54 Å². The van der Waals surface area contributed by atoms with E-state index in [9.17, 15) is 4.79 Å². The first kappa shape index (κ1) is 15.2. The standard InChI is InChI=1S/C16H15Cl2N3O/c1-7-6-20-16(22)8(2)11-12-9(3-4-19)5-10(17)13(18)15(12)21-14(7)11/h5,7-8,21H,3,6H2,1-2H3,(H,20,22)/t7-,8+/m1/s1. The third-order valence-electron chi connectivity index (χ3n) is 4.29. The molecule has 0 bridgehead atoms. The van der Waals surface area contributed by atoms with Crippen molar-refractivity contribution in [2.45, 2.75) is 32.1 Å². The highest BCUT2D eigenvalue weighted by molar-refractivity contribution is 6.45. The van der Waals surface area contributed by atoms with Gasteiger partial charge in [-0.05, 0) is 24.1 Å². The van der Waals surface area contributed by atoms with E-state index in [0.29, 0.717) is 16.6 Å². The zero-order valence-electron chi connectivity index (χ0n) is 12.3. The second kappa shape index (κ2) is 5.49. The molecule has 3 rings (SSSR count). The molecule has 0 unspecified atom stereocenters. The number of H-pyrrole nitrogens is 1. The summed E-state index contributed by atoms with van der Waals surface area (Å²) < 4.78 is 0. The number of aromatic nitrogens is 1. The number of carbonyl (C=O) groups is 1. The van der Waals surface area contributed by atoms with Gasteiger partial charge in [0.2, 0.25) is 5.91 Å². The number of nitrogens with one attached hydrogen (secondary N) is 2. The largest absolute Gasteiger partial charge is 0.357 e. The number of halogens is 2. The molecule has 0 fully saturated rings. The Morgan fingerprint density at radius 1 is 1.41 bits per heavy atom. The van der Waals surface area contributed by atoms with Gasteiger partial charge in [-0.15, -0.1) is 0 Å². The van der Waals surface area contributed by atoms with E-state index in [0.717, 1.165) is 27.7 Å². The zero-order chi connectivity index (χ0) is 16.0. The Morgan fingerprint density at radius 2 is 2.14 bits per heavy atom. The minimum Gasteiger partial charge on any atom is -0.357 e. The van der Waals surface area contributed by atoms with Crippen molar-refractivity contribution in [2.24, 2.45) is 0 Å². The molecule has 2 aromatic rings. The molecule has 1 amide bonds. The number of fused-ring (bicyclic) bond motifs is 3. The van der Waals surface area contributed by atoms with E-state index in [1.165, 1.54) is 0 Å². The minimum absolute atomic E-state index is 0.0134. The predicted octanol–water partition coefficient (Wildman–Crippen LogP) is 3.88. The van der Waals surface area contributed by atoms with Crippen molar-refractivity contribution in [3.63, 3.8) is 0 Å². The Hall–Kier alpha value is -1.70. The molecule has 1 aliphatic heterocycles. The van der Waals surface area contributed by atoms with Crippen LogP contribution in [0.4, 0.5) is 0 Å². The maximum atomic E-state index is 12.2. The van der Waals surface area contributed by atoms with E-state index in [4.69, 9.17) is 28.5 Å². The summed E-state index contributed by atoms with van der Waals surface area (Å²) in [5, 5.41) is 13.7. The molecule has 6 heteroatoms. The molecule has 0 radical (unpaired) electrons. The highest BCUT2D eigenvalue weighted by Gasteiger charge is 2.31. The highest BCUT2D eigenvalue weighted by atomic mass is 35.5. The van der Waals surface area contributed by atoms with Crippen LogP contribution >= 0.6 is 23.2 Å². The van der Waals surface area contributed by atoms with Gasteiger partial charge >= 0.3 is 0 Å². The van der Waals surface area contributed by atoms with Crippen LogP contribution in [0.15, 0.2) is 6.07 Å².